The first-order valence-electron chi connectivity index (χ1n) is 6.03. The summed E-state index contributed by atoms with van der Waals surface area (Å²) in [6.07, 6.45) is 5.38. The van der Waals surface area contributed by atoms with Crippen molar-refractivity contribution in [1.82, 2.24) is 4.98 Å². The Balaban J connectivity index is 2.22. The van der Waals surface area contributed by atoms with Crippen LogP contribution in [0.2, 0.25) is 0 Å². The van der Waals surface area contributed by atoms with E-state index < -0.39 is 0 Å². The summed E-state index contributed by atoms with van der Waals surface area (Å²) in [5, 5.41) is 0. The van der Waals surface area contributed by atoms with Crippen molar-refractivity contribution in [2.75, 3.05) is 18.1 Å². The lowest BCUT2D eigenvalue weighted by Gasteiger charge is -2.34. The molecule has 0 amide bonds. The van der Waals surface area contributed by atoms with Crippen molar-refractivity contribution >= 4 is 21.6 Å². The van der Waals surface area contributed by atoms with Crippen molar-refractivity contribution in [3.05, 3.63) is 16.9 Å². The van der Waals surface area contributed by atoms with Gasteiger partial charge in [-0.05, 0) is 42.1 Å². The highest BCUT2D eigenvalue weighted by Crippen LogP contribution is 2.30. The van der Waals surface area contributed by atoms with Gasteiger partial charge >= 0.3 is 0 Å². The van der Waals surface area contributed by atoms with E-state index in [2.05, 4.69) is 25.8 Å². The van der Waals surface area contributed by atoms with Gasteiger partial charge in [-0.1, -0.05) is 0 Å². The average molecular weight is 300 g/mol. The highest BCUT2D eigenvalue weighted by molar-refractivity contribution is 9.10. The first-order valence-corrected chi connectivity index (χ1v) is 6.82. The monoisotopic (exact) mass is 299 g/mol. The number of hydrogen-bond acceptors (Lipinski definition) is 4. The number of nitrogens with two attached hydrogens (primary N) is 1. The van der Waals surface area contributed by atoms with Gasteiger partial charge in [-0.15, -0.1) is 0 Å². The Bertz CT molecular complexity index is 386. The second-order valence-electron chi connectivity index (χ2n) is 4.17. The molecule has 1 atom stereocenters. The third-order valence-electron chi connectivity index (χ3n) is 2.97. The molecular weight excluding hydrogens is 282 g/mol. The number of hydrogen-bond donors (Lipinski definition) is 1. The summed E-state index contributed by atoms with van der Waals surface area (Å²) >= 11 is 3.38. The standard InChI is InChI=1S/C12H18BrN3O/c1-2-17-10-7-9(8-15-12(10)13)16-6-4-3-5-11(16)14/h7-8,11H,2-6,14H2,1H3. The Kier molecular flexibility index (Phi) is 4.23. The Morgan fingerprint density at radius 1 is 1.59 bits per heavy atom. The van der Waals surface area contributed by atoms with Gasteiger partial charge in [-0.25, -0.2) is 4.98 Å². The lowest BCUT2D eigenvalue weighted by atomic mass is 10.1. The van der Waals surface area contributed by atoms with E-state index in [0.29, 0.717) is 6.61 Å². The molecule has 1 unspecified atom stereocenters. The van der Waals surface area contributed by atoms with Crippen LogP contribution in [0.15, 0.2) is 16.9 Å². The molecule has 2 N–H and O–H groups in total. The van der Waals surface area contributed by atoms with E-state index in [-0.39, 0.29) is 6.17 Å². The highest BCUT2D eigenvalue weighted by Gasteiger charge is 2.20. The van der Waals surface area contributed by atoms with Crippen molar-refractivity contribution < 1.29 is 4.74 Å². The van der Waals surface area contributed by atoms with Gasteiger partial charge in [0, 0.05) is 12.6 Å². The predicted octanol–water partition coefficient (Wildman–Crippen LogP) is 2.52. The summed E-state index contributed by atoms with van der Waals surface area (Å²) < 4.78 is 6.27. The molecule has 0 spiro atoms. The molecule has 0 bridgehead atoms. The van der Waals surface area contributed by atoms with Gasteiger partial charge in [0.25, 0.3) is 0 Å². The fourth-order valence-electron chi connectivity index (χ4n) is 2.11. The molecule has 17 heavy (non-hydrogen) atoms. The quantitative estimate of drug-likeness (QED) is 0.872. The molecule has 4 nitrogen and oxygen atoms in total. The molecule has 0 saturated carbocycles. The van der Waals surface area contributed by atoms with Crippen LogP contribution in [0.4, 0.5) is 5.69 Å². The number of rotatable bonds is 3. The molecule has 0 aromatic carbocycles. The van der Waals surface area contributed by atoms with Gasteiger partial charge in [0.05, 0.1) is 24.7 Å². The summed E-state index contributed by atoms with van der Waals surface area (Å²) in [6, 6.07) is 2.01. The largest absolute Gasteiger partial charge is 0.491 e. The highest BCUT2D eigenvalue weighted by atomic mass is 79.9. The molecule has 1 aromatic heterocycles. The van der Waals surface area contributed by atoms with E-state index in [0.717, 1.165) is 29.0 Å². The van der Waals surface area contributed by atoms with Crippen LogP contribution in [0.5, 0.6) is 5.75 Å². The molecule has 94 valence electrons. The van der Waals surface area contributed by atoms with Gasteiger partial charge in [0.1, 0.15) is 4.60 Å². The number of halogens is 1. The van der Waals surface area contributed by atoms with Crippen molar-refractivity contribution in [2.24, 2.45) is 5.73 Å². The van der Waals surface area contributed by atoms with Crippen LogP contribution in [0, 0.1) is 0 Å². The zero-order valence-corrected chi connectivity index (χ0v) is 11.6. The number of anilines is 1. The molecule has 1 aliphatic rings. The summed E-state index contributed by atoms with van der Waals surface area (Å²) in [7, 11) is 0. The number of ether oxygens (including phenoxy) is 1. The summed E-state index contributed by atoms with van der Waals surface area (Å²) in [4.78, 5) is 6.50. The second-order valence-corrected chi connectivity index (χ2v) is 4.92. The Hall–Kier alpha value is -0.810. The SMILES string of the molecule is CCOc1cc(N2CCCCC2N)cnc1Br. The van der Waals surface area contributed by atoms with Gasteiger partial charge in [-0.2, -0.15) is 0 Å². The molecule has 1 aromatic rings. The topological polar surface area (TPSA) is 51.4 Å². The molecule has 1 aliphatic heterocycles. The molecule has 0 aliphatic carbocycles. The van der Waals surface area contributed by atoms with Gasteiger partial charge in [0.2, 0.25) is 0 Å². The van der Waals surface area contributed by atoms with E-state index in [9.17, 15) is 0 Å². The summed E-state index contributed by atoms with van der Waals surface area (Å²) in [5.41, 5.74) is 7.16. The first kappa shape index (κ1) is 12.6. The number of nitrogens with zero attached hydrogens (tertiary/aromatic N) is 2. The second kappa shape index (κ2) is 5.69. The minimum absolute atomic E-state index is 0.0983. The van der Waals surface area contributed by atoms with Crippen molar-refractivity contribution in [1.29, 1.82) is 0 Å². The maximum Gasteiger partial charge on any atom is 0.154 e. The first-order chi connectivity index (χ1) is 8.22. The molecular formula is C12H18BrN3O. The van der Waals surface area contributed by atoms with Gasteiger partial charge in [-0.3, -0.25) is 0 Å². The van der Waals surface area contributed by atoms with E-state index in [4.69, 9.17) is 10.5 Å². The fraction of sp³-hybridized carbons (Fsp3) is 0.583. The number of piperidine rings is 1. The zero-order valence-electron chi connectivity index (χ0n) is 10.0. The van der Waals surface area contributed by atoms with Crippen LogP contribution in [-0.2, 0) is 0 Å². The summed E-state index contributed by atoms with van der Waals surface area (Å²) in [6.45, 7) is 3.59. The number of aromatic nitrogens is 1. The van der Waals surface area contributed by atoms with Crippen LogP contribution < -0.4 is 15.4 Å². The smallest absolute Gasteiger partial charge is 0.154 e. The lowest BCUT2D eigenvalue weighted by molar-refractivity contribution is 0.336. The van der Waals surface area contributed by atoms with Crippen LogP contribution >= 0.6 is 15.9 Å². The molecule has 1 fully saturated rings. The van der Waals surface area contributed by atoms with E-state index >= 15 is 0 Å². The van der Waals surface area contributed by atoms with Crippen molar-refractivity contribution in [3.63, 3.8) is 0 Å². The normalized spacial score (nSPS) is 20.4. The van der Waals surface area contributed by atoms with Crippen LogP contribution in [0.25, 0.3) is 0 Å². The molecule has 2 heterocycles. The van der Waals surface area contributed by atoms with Crippen molar-refractivity contribution in [2.45, 2.75) is 32.4 Å². The Morgan fingerprint density at radius 3 is 3.12 bits per heavy atom. The Labute approximate surface area is 110 Å². The van der Waals surface area contributed by atoms with Crippen LogP contribution in [0.3, 0.4) is 0 Å². The van der Waals surface area contributed by atoms with Gasteiger partial charge in [0.15, 0.2) is 5.75 Å². The minimum atomic E-state index is 0.0983. The molecule has 1 saturated heterocycles. The number of pyridine rings is 1. The molecule has 0 radical (unpaired) electrons. The zero-order chi connectivity index (χ0) is 12.3. The molecule has 5 heteroatoms. The third-order valence-corrected chi connectivity index (χ3v) is 3.57. The Morgan fingerprint density at radius 2 is 2.41 bits per heavy atom. The maximum atomic E-state index is 6.12. The summed E-state index contributed by atoms with van der Waals surface area (Å²) in [5.74, 6) is 0.780. The fourth-order valence-corrected chi connectivity index (χ4v) is 2.44. The third kappa shape index (κ3) is 2.90. The van der Waals surface area contributed by atoms with E-state index in [1.807, 2.05) is 19.2 Å². The lowest BCUT2D eigenvalue weighted by Crippen LogP contribution is -2.45. The molecule has 2 rings (SSSR count). The van der Waals surface area contributed by atoms with Gasteiger partial charge < -0.3 is 15.4 Å². The van der Waals surface area contributed by atoms with Crippen molar-refractivity contribution in [3.8, 4) is 5.75 Å². The van der Waals surface area contributed by atoms with Crippen LogP contribution in [-0.4, -0.2) is 24.3 Å². The van der Waals surface area contributed by atoms with E-state index in [1.54, 1.807) is 0 Å². The van der Waals surface area contributed by atoms with E-state index in [1.165, 1.54) is 12.8 Å². The maximum absolute atomic E-state index is 6.12. The predicted molar refractivity (Wildman–Crippen MR) is 72.3 cm³/mol. The van der Waals surface area contributed by atoms with Crippen LogP contribution in [0.1, 0.15) is 26.2 Å². The minimum Gasteiger partial charge on any atom is -0.491 e. The average Bonchev–Trinajstić information content (AvgIpc) is 2.33.